The average Bonchev–Trinajstić information content (AvgIpc) is 3.22. The van der Waals surface area contributed by atoms with Gasteiger partial charge in [0.15, 0.2) is 0 Å². The Hall–Kier alpha value is -2.82. The fourth-order valence-corrected chi connectivity index (χ4v) is 6.33. The lowest BCUT2D eigenvalue weighted by Gasteiger charge is -2.04. The molecule has 1 N–H and O–H groups in total. The predicted octanol–water partition coefficient (Wildman–Crippen LogP) is 4.05. The fourth-order valence-electron chi connectivity index (χ4n) is 3.11. The Balaban J connectivity index is 1.71. The van der Waals surface area contributed by atoms with Gasteiger partial charge >= 0.3 is 5.97 Å². The average molecular weight is 474 g/mol. The molecule has 0 aliphatic rings. The van der Waals surface area contributed by atoms with Gasteiger partial charge in [-0.2, -0.15) is 13.4 Å². The Morgan fingerprint density at radius 3 is 2.42 bits per heavy atom. The van der Waals surface area contributed by atoms with Gasteiger partial charge in [0.1, 0.15) is 0 Å². The van der Waals surface area contributed by atoms with Crippen LogP contribution < -0.4 is 4.80 Å². The van der Waals surface area contributed by atoms with Crippen LogP contribution in [0.2, 0.25) is 0 Å². The summed E-state index contributed by atoms with van der Waals surface area (Å²) in [7, 11) is -3.85. The first-order chi connectivity index (χ1) is 14.7. The van der Waals surface area contributed by atoms with E-state index in [1.807, 2.05) is 41.9 Å². The Morgan fingerprint density at radius 2 is 1.77 bits per heavy atom. The van der Waals surface area contributed by atoms with Crippen molar-refractivity contribution in [3.05, 3.63) is 69.3 Å². The summed E-state index contributed by atoms with van der Waals surface area (Å²) in [5, 5.41) is 8.84. The topological polar surface area (TPSA) is 101 Å². The van der Waals surface area contributed by atoms with Crippen LogP contribution in [0.5, 0.6) is 0 Å². The van der Waals surface area contributed by atoms with E-state index in [1.165, 1.54) is 22.9 Å². The number of hydrogen-bond acceptors (Lipinski definition) is 6. The van der Waals surface area contributed by atoms with Crippen molar-refractivity contribution in [2.45, 2.75) is 31.6 Å². The second-order valence-electron chi connectivity index (χ2n) is 7.04. The number of carboxylic acids is 1. The molecule has 10 heteroatoms. The third kappa shape index (κ3) is 4.60. The van der Waals surface area contributed by atoms with Gasteiger partial charge in [0.2, 0.25) is 9.76 Å². The number of rotatable bonds is 6. The summed E-state index contributed by atoms with van der Waals surface area (Å²) in [5.74, 6) is -0.823. The molecule has 2 heterocycles. The first kappa shape index (κ1) is 21.4. The number of aromatic nitrogens is 2. The first-order valence-electron chi connectivity index (χ1n) is 9.41. The molecule has 7 nitrogen and oxygen atoms in total. The van der Waals surface area contributed by atoms with Gasteiger partial charge in [0, 0.05) is 16.9 Å². The number of thiazole rings is 1. The van der Waals surface area contributed by atoms with Crippen LogP contribution in [-0.4, -0.2) is 28.3 Å². The Bertz CT molecular complexity index is 1430. The summed E-state index contributed by atoms with van der Waals surface area (Å²) in [5.41, 5.74) is 3.80. The highest BCUT2D eigenvalue weighted by molar-refractivity contribution is 7.90. The minimum atomic E-state index is -3.85. The number of carboxylic acid groups (broad SMARTS) is 1. The number of nitrogens with zero attached hydrogens (tertiary/aromatic N) is 3. The third-order valence-corrected chi connectivity index (χ3v) is 8.04. The van der Waals surface area contributed by atoms with E-state index in [4.69, 9.17) is 5.11 Å². The molecule has 160 valence electrons. The number of sulfonamides is 1. The predicted molar refractivity (Wildman–Crippen MR) is 121 cm³/mol. The Labute approximate surface area is 187 Å². The van der Waals surface area contributed by atoms with Gasteiger partial charge in [0.05, 0.1) is 10.6 Å². The van der Waals surface area contributed by atoms with E-state index in [2.05, 4.69) is 9.38 Å². The number of fused-ring (bicyclic) bond motifs is 1. The van der Waals surface area contributed by atoms with E-state index in [1.54, 1.807) is 24.3 Å². The molecule has 0 atom stereocenters. The van der Waals surface area contributed by atoms with Gasteiger partial charge in [-0.1, -0.05) is 42.0 Å². The van der Waals surface area contributed by atoms with E-state index in [0.717, 1.165) is 27.3 Å². The van der Waals surface area contributed by atoms with Crippen molar-refractivity contribution in [2.24, 2.45) is 4.40 Å². The highest BCUT2D eigenvalue weighted by Gasteiger charge is 2.16. The number of aryl methyl sites for hydroxylation is 3. The maximum Gasteiger partial charge on any atom is 0.303 e. The quantitative estimate of drug-likeness (QED) is 0.455. The van der Waals surface area contributed by atoms with Gasteiger partial charge in [-0.05, 0) is 49.5 Å². The molecule has 31 heavy (non-hydrogen) atoms. The molecule has 2 aromatic heterocycles. The standard InChI is InChI=1S/C21H19N3O4S3/c1-13-3-10-17(11-4-13)31(27,28)23-20-22-21-24(30-20)19(14(2)29-21)16-8-5-15(6-9-16)7-12-18(25)26/h3-6,8-11H,7,12H2,1-2H3,(H,25,26)/b23-20+. The molecule has 0 fully saturated rings. The lowest BCUT2D eigenvalue weighted by Crippen LogP contribution is -2.06. The minimum absolute atomic E-state index is 0.0883. The lowest BCUT2D eigenvalue weighted by atomic mass is 10.1. The smallest absolute Gasteiger partial charge is 0.303 e. The summed E-state index contributed by atoms with van der Waals surface area (Å²) in [4.78, 5) is 17.2. The zero-order valence-electron chi connectivity index (χ0n) is 16.8. The second-order valence-corrected chi connectivity index (χ2v) is 10.7. The van der Waals surface area contributed by atoms with Crippen LogP contribution in [0.3, 0.4) is 0 Å². The van der Waals surface area contributed by atoms with Crippen LogP contribution in [0.25, 0.3) is 16.2 Å². The van der Waals surface area contributed by atoms with E-state index in [0.29, 0.717) is 11.4 Å². The van der Waals surface area contributed by atoms with Crippen molar-refractivity contribution in [3.8, 4) is 11.3 Å². The maximum absolute atomic E-state index is 12.6. The van der Waals surface area contributed by atoms with E-state index >= 15 is 0 Å². The third-order valence-electron chi connectivity index (χ3n) is 4.69. The molecular weight excluding hydrogens is 454 g/mol. The molecule has 4 rings (SSSR count). The highest BCUT2D eigenvalue weighted by atomic mass is 32.2. The van der Waals surface area contributed by atoms with Gasteiger partial charge in [-0.15, -0.1) is 15.7 Å². The van der Waals surface area contributed by atoms with Crippen molar-refractivity contribution < 1.29 is 18.3 Å². The van der Waals surface area contributed by atoms with Gasteiger partial charge in [-0.3, -0.25) is 4.79 Å². The molecule has 4 aromatic rings. The van der Waals surface area contributed by atoms with Crippen LogP contribution in [0.1, 0.15) is 22.4 Å². The van der Waals surface area contributed by atoms with Crippen LogP contribution in [0.4, 0.5) is 0 Å². The Kier molecular flexibility index (Phi) is 5.78. The number of aliphatic carboxylic acids is 1. The molecule has 0 aliphatic carbocycles. The minimum Gasteiger partial charge on any atom is -0.481 e. The first-order valence-corrected chi connectivity index (χ1v) is 12.4. The van der Waals surface area contributed by atoms with Crippen LogP contribution in [-0.2, 0) is 21.2 Å². The summed E-state index contributed by atoms with van der Waals surface area (Å²) in [6.07, 6.45) is 0.562. The number of hydrogen-bond donors (Lipinski definition) is 1. The molecular formula is C21H19N3O4S3. The molecule has 0 saturated heterocycles. The molecule has 0 aliphatic heterocycles. The van der Waals surface area contributed by atoms with Crippen LogP contribution >= 0.6 is 22.9 Å². The van der Waals surface area contributed by atoms with Crippen molar-refractivity contribution in [1.29, 1.82) is 0 Å². The van der Waals surface area contributed by atoms with Crippen molar-refractivity contribution in [1.82, 2.24) is 8.77 Å². The van der Waals surface area contributed by atoms with E-state index in [-0.39, 0.29) is 16.1 Å². The van der Waals surface area contributed by atoms with Crippen molar-refractivity contribution in [3.63, 3.8) is 0 Å². The molecule has 0 amide bonds. The molecule has 0 saturated carbocycles. The number of benzene rings is 2. The van der Waals surface area contributed by atoms with Crippen LogP contribution in [0.15, 0.2) is 57.8 Å². The van der Waals surface area contributed by atoms with E-state index < -0.39 is 16.0 Å². The summed E-state index contributed by atoms with van der Waals surface area (Å²) in [6, 6.07) is 14.3. The zero-order valence-corrected chi connectivity index (χ0v) is 19.2. The van der Waals surface area contributed by atoms with E-state index in [9.17, 15) is 13.2 Å². The fraction of sp³-hybridized carbons (Fsp3) is 0.190. The SMILES string of the molecule is Cc1ccc(S(=O)(=O)/N=c2\nc3sc(C)c(-c4ccc(CCC(=O)O)cc4)n3s2)cc1. The summed E-state index contributed by atoms with van der Waals surface area (Å²) < 4.78 is 31.1. The van der Waals surface area contributed by atoms with Gasteiger partial charge in [-0.25, -0.2) is 3.79 Å². The largest absolute Gasteiger partial charge is 0.481 e. The number of carbonyl (C=O) groups is 1. The lowest BCUT2D eigenvalue weighted by molar-refractivity contribution is -0.136. The molecule has 0 radical (unpaired) electrons. The summed E-state index contributed by atoms with van der Waals surface area (Å²) >= 11 is 2.64. The Morgan fingerprint density at radius 1 is 1.10 bits per heavy atom. The van der Waals surface area contributed by atoms with Crippen molar-refractivity contribution in [2.75, 3.05) is 0 Å². The second kappa shape index (κ2) is 8.37. The summed E-state index contributed by atoms with van der Waals surface area (Å²) in [6.45, 7) is 3.88. The normalized spacial score (nSPS) is 12.5. The molecule has 0 spiro atoms. The van der Waals surface area contributed by atoms with Crippen LogP contribution in [0, 0.1) is 13.8 Å². The molecule has 2 aromatic carbocycles. The highest BCUT2D eigenvalue weighted by Crippen LogP contribution is 2.31. The maximum atomic E-state index is 12.6. The molecule has 0 bridgehead atoms. The monoisotopic (exact) mass is 473 g/mol. The van der Waals surface area contributed by atoms with Gasteiger partial charge in [0.25, 0.3) is 10.0 Å². The van der Waals surface area contributed by atoms with Crippen molar-refractivity contribution >= 4 is 43.8 Å². The van der Waals surface area contributed by atoms with Gasteiger partial charge < -0.3 is 5.11 Å². The zero-order chi connectivity index (χ0) is 22.2. The molecule has 0 unspecified atom stereocenters.